The van der Waals surface area contributed by atoms with E-state index in [2.05, 4.69) is 10.6 Å². The molecule has 0 bridgehead atoms. The number of hydrogen-bond donors (Lipinski definition) is 3. The molecule has 1 fully saturated rings. The number of halogens is 1. The summed E-state index contributed by atoms with van der Waals surface area (Å²) in [6.07, 6.45) is 5.01. The van der Waals surface area contributed by atoms with Gasteiger partial charge in [0, 0.05) is 6.54 Å². The topological polar surface area (TPSA) is 61.4 Å². The van der Waals surface area contributed by atoms with Crippen LogP contribution in [0, 0.1) is 11.7 Å². The Bertz CT molecular complexity index is 447. The first kappa shape index (κ1) is 14.8. The zero-order chi connectivity index (χ0) is 14.4. The number of aliphatic hydroxyl groups is 1. The average molecular weight is 280 g/mol. The van der Waals surface area contributed by atoms with Gasteiger partial charge < -0.3 is 15.7 Å². The van der Waals surface area contributed by atoms with Gasteiger partial charge in [-0.05, 0) is 30.9 Å². The molecule has 1 atom stereocenters. The highest BCUT2D eigenvalue weighted by atomic mass is 19.1. The molecule has 5 heteroatoms. The summed E-state index contributed by atoms with van der Waals surface area (Å²) in [7, 11) is 0. The van der Waals surface area contributed by atoms with Gasteiger partial charge in [-0.25, -0.2) is 9.18 Å². The SMILES string of the molecule is O=C(NC[C@H](O)C1CCCCC1)Nc1ccccc1F. The minimum atomic E-state index is -0.526. The van der Waals surface area contributed by atoms with Crippen LogP contribution in [0.2, 0.25) is 0 Å². The smallest absolute Gasteiger partial charge is 0.319 e. The van der Waals surface area contributed by atoms with E-state index in [0.29, 0.717) is 0 Å². The first-order valence-electron chi connectivity index (χ1n) is 7.14. The Morgan fingerprint density at radius 3 is 2.70 bits per heavy atom. The van der Waals surface area contributed by atoms with Gasteiger partial charge in [-0.2, -0.15) is 0 Å². The Balaban J connectivity index is 1.76. The number of rotatable bonds is 4. The lowest BCUT2D eigenvalue weighted by molar-refractivity contribution is 0.0863. The van der Waals surface area contributed by atoms with Crippen molar-refractivity contribution in [3.8, 4) is 0 Å². The molecule has 20 heavy (non-hydrogen) atoms. The minimum absolute atomic E-state index is 0.136. The molecule has 1 aromatic carbocycles. The van der Waals surface area contributed by atoms with Gasteiger partial charge >= 0.3 is 6.03 Å². The summed E-state index contributed by atoms with van der Waals surface area (Å²) in [6, 6.07) is 5.49. The maximum atomic E-state index is 13.3. The largest absolute Gasteiger partial charge is 0.391 e. The highest BCUT2D eigenvalue weighted by Gasteiger charge is 2.22. The lowest BCUT2D eigenvalue weighted by Crippen LogP contribution is -2.39. The molecule has 0 saturated heterocycles. The van der Waals surface area contributed by atoms with E-state index < -0.39 is 18.0 Å². The number of urea groups is 1. The van der Waals surface area contributed by atoms with Gasteiger partial charge in [-0.15, -0.1) is 0 Å². The van der Waals surface area contributed by atoms with E-state index in [-0.39, 0.29) is 18.2 Å². The molecule has 2 rings (SSSR count). The Morgan fingerprint density at radius 1 is 1.30 bits per heavy atom. The van der Waals surface area contributed by atoms with E-state index >= 15 is 0 Å². The second-order valence-corrected chi connectivity index (χ2v) is 5.28. The lowest BCUT2D eigenvalue weighted by atomic mass is 9.85. The standard InChI is InChI=1S/C15H21FN2O2/c16-12-8-4-5-9-13(12)18-15(20)17-10-14(19)11-6-2-1-3-7-11/h4-5,8-9,11,14,19H,1-3,6-7,10H2,(H2,17,18,20)/t14-/m0/s1. The zero-order valence-electron chi connectivity index (χ0n) is 11.4. The van der Waals surface area contributed by atoms with Crippen LogP contribution in [0.15, 0.2) is 24.3 Å². The molecule has 1 aromatic rings. The first-order chi connectivity index (χ1) is 9.66. The third-order valence-corrected chi connectivity index (χ3v) is 3.79. The van der Waals surface area contributed by atoms with Crippen molar-refractivity contribution in [2.75, 3.05) is 11.9 Å². The van der Waals surface area contributed by atoms with Crippen LogP contribution >= 0.6 is 0 Å². The van der Waals surface area contributed by atoms with Crippen LogP contribution in [-0.2, 0) is 0 Å². The van der Waals surface area contributed by atoms with Gasteiger partial charge in [0.25, 0.3) is 0 Å². The van der Waals surface area contributed by atoms with Crippen LogP contribution in [0.25, 0.3) is 0 Å². The van der Waals surface area contributed by atoms with Gasteiger partial charge in [0.1, 0.15) is 5.82 Å². The second kappa shape index (κ2) is 7.24. The molecule has 1 aliphatic rings. The van der Waals surface area contributed by atoms with Crippen molar-refractivity contribution in [3.63, 3.8) is 0 Å². The quantitative estimate of drug-likeness (QED) is 0.794. The van der Waals surface area contributed by atoms with Crippen LogP contribution in [0.4, 0.5) is 14.9 Å². The molecule has 0 radical (unpaired) electrons. The van der Waals surface area contributed by atoms with Gasteiger partial charge in [0.15, 0.2) is 0 Å². The van der Waals surface area contributed by atoms with E-state index in [1.807, 2.05) is 0 Å². The third kappa shape index (κ3) is 4.20. The van der Waals surface area contributed by atoms with Crippen molar-refractivity contribution in [1.29, 1.82) is 0 Å². The molecule has 0 aliphatic heterocycles. The number of para-hydroxylation sites is 1. The normalized spacial score (nSPS) is 17.5. The van der Waals surface area contributed by atoms with Gasteiger partial charge in [0.05, 0.1) is 11.8 Å². The van der Waals surface area contributed by atoms with E-state index in [9.17, 15) is 14.3 Å². The first-order valence-corrected chi connectivity index (χ1v) is 7.14. The van der Waals surface area contributed by atoms with Gasteiger partial charge in [-0.3, -0.25) is 0 Å². The van der Waals surface area contributed by atoms with Crippen molar-refractivity contribution in [2.45, 2.75) is 38.2 Å². The number of aliphatic hydroxyl groups excluding tert-OH is 1. The Morgan fingerprint density at radius 2 is 2.00 bits per heavy atom. The van der Waals surface area contributed by atoms with E-state index in [1.54, 1.807) is 12.1 Å². The van der Waals surface area contributed by atoms with Crippen LogP contribution in [0.3, 0.4) is 0 Å². The number of carbonyl (C=O) groups excluding carboxylic acids is 1. The molecule has 0 aromatic heterocycles. The van der Waals surface area contributed by atoms with Gasteiger partial charge in [0.2, 0.25) is 0 Å². The van der Waals surface area contributed by atoms with Crippen LogP contribution in [0.5, 0.6) is 0 Å². The van der Waals surface area contributed by atoms with Crippen molar-refractivity contribution >= 4 is 11.7 Å². The molecule has 2 amide bonds. The fourth-order valence-electron chi connectivity index (χ4n) is 2.61. The molecule has 1 saturated carbocycles. The summed E-state index contributed by atoms with van der Waals surface area (Å²) in [5.74, 6) is -0.215. The monoisotopic (exact) mass is 280 g/mol. The minimum Gasteiger partial charge on any atom is -0.391 e. The number of hydrogen-bond acceptors (Lipinski definition) is 2. The second-order valence-electron chi connectivity index (χ2n) is 5.28. The molecule has 0 spiro atoms. The van der Waals surface area contributed by atoms with Crippen LogP contribution < -0.4 is 10.6 Å². The predicted octanol–water partition coefficient (Wildman–Crippen LogP) is 2.89. The summed E-state index contributed by atoms with van der Waals surface area (Å²) in [5, 5.41) is 15.0. The van der Waals surface area contributed by atoms with Crippen molar-refractivity contribution in [3.05, 3.63) is 30.1 Å². The lowest BCUT2D eigenvalue weighted by Gasteiger charge is -2.26. The zero-order valence-corrected chi connectivity index (χ0v) is 11.4. The number of amides is 2. The molecule has 0 unspecified atom stereocenters. The predicted molar refractivity (Wildman–Crippen MR) is 76.0 cm³/mol. The van der Waals surface area contributed by atoms with Gasteiger partial charge in [-0.1, -0.05) is 31.4 Å². The van der Waals surface area contributed by atoms with E-state index in [1.165, 1.54) is 18.6 Å². The van der Waals surface area contributed by atoms with Crippen molar-refractivity contribution < 1.29 is 14.3 Å². The number of nitrogens with one attached hydrogen (secondary N) is 2. The summed E-state index contributed by atoms with van der Waals surface area (Å²) in [6.45, 7) is 0.199. The van der Waals surface area contributed by atoms with E-state index in [4.69, 9.17) is 0 Å². The molecular formula is C15H21FN2O2. The molecule has 3 N–H and O–H groups in total. The van der Waals surface area contributed by atoms with Crippen molar-refractivity contribution in [2.24, 2.45) is 5.92 Å². The highest BCUT2D eigenvalue weighted by molar-refractivity contribution is 5.89. The molecule has 1 aliphatic carbocycles. The van der Waals surface area contributed by atoms with Crippen molar-refractivity contribution in [1.82, 2.24) is 5.32 Å². The number of benzene rings is 1. The summed E-state index contributed by atoms with van der Waals surface area (Å²) in [5.41, 5.74) is 0.136. The fourth-order valence-corrected chi connectivity index (χ4v) is 2.61. The molecular weight excluding hydrogens is 259 g/mol. The average Bonchev–Trinajstić information content (AvgIpc) is 2.48. The molecule has 4 nitrogen and oxygen atoms in total. The Labute approximate surface area is 118 Å². The summed E-state index contributed by atoms with van der Waals surface area (Å²) in [4.78, 5) is 11.7. The number of carbonyl (C=O) groups is 1. The highest BCUT2D eigenvalue weighted by Crippen LogP contribution is 2.26. The molecule has 0 heterocycles. The maximum Gasteiger partial charge on any atom is 0.319 e. The fraction of sp³-hybridized carbons (Fsp3) is 0.533. The summed E-state index contributed by atoms with van der Waals surface area (Å²) >= 11 is 0. The molecule has 110 valence electrons. The maximum absolute atomic E-state index is 13.3. The number of anilines is 1. The van der Waals surface area contributed by atoms with E-state index in [0.717, 1.165) is 25.7 Å². The summed E-state index contributed by atoms with van der Waals surface area (Å²) < 4.78 is 13.3. The van der Waals surface area contributed by atoms with Crippen LogP contribution in [0.1, 0.15) is 32.1 Å². The Kier molecular flexibility index (Phi) is 5.35. The van der Waals surface area contributed by atoms with Crippen LogP contribution in [-0.4, -0.2) is 23.8 Å². The third-order valence-electron chi connectivity index (χ3n) is 3.79. The Hall–Kier alpha value is -1.62.